The van der Waals surface area contributed by atoms with Crippen molar-refractivity contribution in [2.45, 2.75) is 11.8 Å². The van der Waals surface area contributed by atoms with Crippen molar-refractivity contribution in [3.05, 3.63) is 47.0 Å². The lowest BCUT2D eigenvalue weighted by molar-refractivity contribution is 0.480. The van der Waals surface area contributed by atoms with Crippen LogP contribution in [0.1, 0.15) is 12.5 Å². The molecule has 0 radical (unpaired) electrons. The number of hydrogen-bond donors (Lipinski definition) is 1. The van der Waals surface area contributed by atoms with Gasteiger partial charge in [-0.1, -0.05) is 24.6 Å². The van der Waals surface area contributed by atoms with Crippen LogP contribution in [0.4, 0.5) is 5.69 Å². The van der Waals surface area contributed by atoms with Gasteiger partial charge in [-0.3, -0.25) is 0 Å². The second-order valence-corrected chi connectivity index (χ2v) is 5.68. The normalized spacial score (nSPS) is 10.1. The highest BCUT2D eigenvalue weighted by atomic mass is 35.5. The molecule has 0 unspecified atom stereocenters. The standard InChI is InChI=1S/C15H13ClN2OS/c1-2-20-15-5-3-4-13(11(15)9-17)19-14-8-10(18)6-7-12(14)16/h3-8H,2,18H2,1H3. The van der Waals surface area contributed by atoms with Gasteiger partial charge in [-0.25, -0.2) is 0 Å². The molecule has 102 valence electrons. The van der Waals surface area contributed by atoms with Crippen LogP contribution >= 0.6 is 23.4 Å². The van der Waals surface area contributed by atoms with Gasteiger partial charge in [-0.05, 0) is 30.0 Å². The van der Waals surface area contributed by atoms with E-state index < -0.39 is 0 Å². The minimum Gasteiger partial charge on any atom is -0.454 e. The zero-order chi connectivity index (χ0) is 14.5. The van der Waals surface area contributed by atoms with Gasteiger partial charge in [0.2, 0.25) is 0 Å². The molecule has 5 heteroatoms. The smallest absolute Gasteiger partial charge is 0.148 e. The lowest BCUT2D eigenvalue weighted by Gasteiger charge is -2.11. The Balaban J connectivity index is 2.41. The monoisotopic (exact) mass is 304 g/mol. The van der Waals surface area contributed by atoms with Crippen molar-refractivity contribution in [2.24, 2.45) is 0 Å². The van der Waals surface area contributed by atoms with Gasteiger partial charge in [0.05, 0.1) is 5.02 Å². The number of thioether (sulfide) groups is 1. The van der Waals surface area contributed by atoms with Crippen LogP contribution < -0.4 is 10.5 Å². The van der Waals surface area contributed by atoms with Gasteiger partial charge in [-0.2, -0.15) is 5.26 Å². The Kier molecular flexibility index (Phi) is 4.78. The Bertz CT molecular complexity index is 667. The predicted molar refractivity (Wildman–Crippen MR) is 83.5 cm³/mol. The zero-order valence-corrected chi connectivity index (χ0v) is 12.5. The van der Waals surface area contributed by atoms with Crippen LogP contribution in [0.2, 0.25) is 5.02 Å². The number of nitriles is 1. The fourth-order valence-electron chi connectivity index (χ4n) is 1.70. The lowest BCUT2D eigenvalue weighted by Crippen LogP contribution is -1.93. The third kappa shape index (κ3) is 3.19. The maximum Gasteiger partial charge on any atom is 0.148 e. The van der Waals surface area contributed by atoms with Crippen LogP contribution in [0.3, 0.4) is 0 Å². The molecule has 0 aliphatic rings. The fourth-order valence-corrected chi connectivity index (χ4v) is 2.63. The van der Waals surface area contributed by atoms with Gasteiger partial charge in [0.25, 0.3) is 0 Å². The summed E-state index contributed by atoms with van der Waals surface area (Å²) < 4.78 is 5.75. The van der Waals surface area contributed by atoms with Gasteiger partial charge in [0.15, 0.2) is 0 Å². The Morgan fingerprint density at radius 1 is 1.30 bits per heavy atom. The Morgan fingerprint density at radius 3 is 2.80 bits per heavy atom. The number of halogens is 1. The number of nitrogens with two attached hydrogens (primary N) is 1. The highest BCUT2D eigenvalue weighted by molar-refractivity contribution is 7.99. The molecular formula is C15H13ClN2OS. The average molecular weight is 305 g/mol. The molecule has 0 saturated carbocycles. The minimum absolute atomic E-state index is 0.446. The van der Waals surface area contributed by atoms with Crippen molar-refractivity contribution >= 4 is 29.1 Å². The van der Waals surface area contributed by atoms with Crippen molar-refractivity contribution in [3.63, 3.8) is 0 Å². The molecule has 3 nitrogen and oxygen atoms in total. The summed E-state index contributed by atoms with van der Waals surface area (Å²) in [6.45, 7) is 2.04. The molecule has 0 bridgehead atoms. The van der Waals surface area contributed by atoms with E-state index in [4.69, 9.17) is 22.1 Å². The first-order chi connectivity index (χ1) is 9.65. The van der Waals surface area contributed by atoms with E-state index in [9.17, 15) is 5.26 Å². The van der Waals surface area contributed by atoms with Gasteiger partial charge >= 0.3 is 0 Å². The third-order valence-electron chi connectivity index (χ3n) is 2.57. The quantitative estimate of drug-likeness (QED) is 0.657. The maximum absolute atomic E-state index is 9.33. The average Bonchev–Trinajstić information content (AvgIpc) is 2.43. The molecule has 2 N–H and O–H groups in total. The molecule has 0 amide bonds. The van der Waals surface area contributed by atoms with Crippen molar-refractivity contribution in [2.75, 3.05) is 11.5 Å². The van der Waals surface area contributed by atoms with Crippen molar-refractivity contribution in [1.29, 1.82) is 5.26 Å². The largest absolute Gasteiger partial charge is 0.454 e. The van der Waals surface area contributed by atoms with Gasteiger partial charge in [-0.15, -0.1) is 11.8 Å². The fraction of sp³-hybridized carbons (Fsp3) is 0.133. The van der Waals surface area contributed by atoms with Crippen LogP contribution in [0, 0.1) is 11.3 Å². The van der Waals surface area contributed by atoms with E-state index in [0.29, 0.717) is 27.8 Å². The number of nitrogens with zero attached hydrogens (tertiary/aromatic N) is 1. The Labute approximate surface area is 127 Å². The van der Waals surface area contributed by atoms with Gasteiger partial charge in [0.1, 0.15) is 23.1 Å². The number of hydrogen-bond acceptors (Lipinski definition) is 4. The summed E-state index contributed by atoms with van der Waals surface area (Å²) in [5.41, 5.74) is 6.79. The molecule has 2 aromatic carbocycles. The first-order valence-corrected chi connectivity index (χ1v) is 7.41. The van der Waals surface area contributed by atoms with Crippen LogP contribution in [0.25, 0.3) is 0 Å². The number of nitrogen functional groups attached to an aromatic ring is 1. The summed E-state index contributed by atoms with van der Waals surface area (Å²) >= 11 is 7.67. The summed E-state index contributed by atoms with van der Waals surface area (Å²) in [5, 5.41) is 9.78. The van der Waals surface area contributed by atoms with Crippen LogP contribution in [0.15, 0.2) is 41.3 Å². The molecule has 0 fully saturated rings. The molecule has 0 spiro atoms. The van der Waals surface area contributed by atoms with Crippen LogP contribution in [-0.4, -0.2) is 5.75 Å². The van der Waals surface area contributed by atoms with Crippen molar-refractivity contribution < 1.29 is 4.74 Å². The molecule has 0 atom stereocenters. The van der Waals surface area contributed by atoms with E-state index in [1.54, 1.807) is 36.0 Å². The van der Waals surface area contributed by atoms with E-state index >= 15 is 0 Å². The SMILES string of the molecule is CCSc1cccc(Oc2cc(N)ccc2Cl)c1C#N. The maximum atomic E-state index is 9.33. The zero-order valence-electron chi connectivity index (χ0n) is 10.9. The highest BCUT2D eigenvalue weighted by Gasteiger charge is 2.12. The molecule has 0 aromatic heterocycles. The summed E-state index contributed by atoms with van der Waals surface area (Å²) in [5.74, 6) is 1.82. The van der Waals surface area contributed by atoms with Gasteiger partial charge < -0.3 is 10.5 Å². The number of anilines is 1. The van der Waals surface area contributed by atoms with E-state index in [1.807, 2.05) is 19.1 Å². The molecule has 2 aromatic rings. The second kappa shape index (κ2) is 6.56. The van der Waals surface area contributed by atoms with Crippen molar-refractivity contribution in [1.82, 2.24) is 0 Å². The first kappa shape index (κ1) is 14.6. The van der Waals surface area contributed by atoms with Gasteiger partial charge in [0, 0.05) is 16.6 Å². The van der Waals surface area contributed by atoms with Crippen LogP contribution in [-0.2, 0) is 0 Å². The molecule has 0 aliphatic heterocycles. The molecule has 0 aliphatic carbocycles. The minimum atomic E-state index is 0.446. The van der Waals surface area contributed by atoms with Crippen LogP contribution in [0.5, 0.6) is 11.5 Å². The lowest BCUT2D eigenvalue weighted by atomic mass is 10.2. The van der Waals surface area contributed by atoms with E-state index in [2.05, 4.69) is 6.07 Å². The number of benzene rings is 2. The number of rotatable bonds is 4. The topological polar surface area (TPSA) is 59.0 Å². The first-order valence-electron chi connectivity index (χ1n) is 6.04. The summed E-state index contributed by atoms with van der Waals surface area (Å²) in [4.78, 5) is 0.896. The molecule has 0 saturated heterocycles. The summed E-state index contributed by atoms with van der Waals surface area (Å²) in [6.07, 6.45) is 0. The van der Waals surface area contributed by atoms with E-state index in [-0.39, 0.29) is 0 Å². The Morgan fingerprint density at radius 2 is 2.10 bits per heavy atom. The summed E-state index contributed by atoms with van der Waals surface area (Å²) in [6, 6.07) is 12.7. The molecule has 0 heterocycles. The molecular weight excluding hydrogens is 292 g/mol. The summed E-state index contributed by atoms with van der Waals surface area (Å²) in [7, 11) is 0. The van der Waals surface area contributed by atoms with E-state index in [1.165, 1.54) is 0 Å². The number of ether oxygens (including phenoxy) is 1. The Hall–Kier alpha value is -1.83. The predicted octanol–water partition coefficient (Wildman–Crippen LogP) is 4.70. The van der Waals surface area contributed by atoms with Crippen molar-refractivity contribution in [3.8, 4) is 17.6 Å². The second-order valence-electron chi connectivity index (χ2n) is 3.97. The van der Waals surface area contributed by atoms with E-state index in [0.717, 1.165) is 10.6 Å². The molecule has 20 heavy (non-hydrogen) atoms. The third-order valence-corrected chi connectivity index (χ3v) is 3.83. The highest BCUT2D eigenvalue weighted by Crippen LogP contribution is 2.35. The molecule has 2 rings (SSSR count).